The molecule has 0 fully saturated rings. The summed E-state index contributed by atoms with van der Waals surface area (Å²) in [5.74, 6) is 0.808. The van der Waals surface area contributed by atoms with Gasteiger partial charge >= 0.3 is 0 Å². The summed E-state index contributed by atoms with van der Waals surface area (Å²) in [6.45, 7) is 2.08. The average Bonchev–Trinajstić information content (AvgIpc) is 2.69. The van der Waals surface area contributed by atoms with Crippen molar-refractivity contribution in [1.82, 2.24) is 0 Å². The summed E-state index contributed by atoms with van der Waals surface area (Å²) in [5.41, 5.74) is 6.63. The number of aryl methyl sites for hydroxylation is 1. The third kappa shape index (κ3) is 3.24. The van der Waals surface area contributed by atoms with Crippen LogP contribution in [0.2, 0.25) is 0 Å². The van der Waals surface area contributed by atoms with Gasteiger partial charge in [0.25, 0.3) is 0 Å². The topological polar surface area (TPSA) is 13.1 Å². The smallest absolute Gasteiger partial charge is 0.191 e. The molecule has 0 aliphatic rings. The Morgan fingerprint density at radius 1 is 0.654 bits per heavy atom. The molecule has 26 heavy (non-hydrogen) atoms. The van der Waals surface area contributed by atoms with Gasteiger partial charge in [0.1, 0.15) is 5.76 Å². The van der Waals surface area contributed by atoms with E-state index >= 15 is 0 Å². The molecule has 3 aromatic carbocycles. The summed E-state index contributed by atoms with van der Waals surface area (Å²) in [5, 5.41) is 0. The first-order chi connectivity index (χ1) is 12.7. The molecule has 0 saturated carbocycles. The Morgan fingerprint density at radius 2 is 1.23 bits per heavy atom. The maximum Gasteiger partial charge on any atom is 0.191 e. The highest BCUT2D eigenvalue weighted by molar-refractivity contribution is 7.71. The second-order valence-electron chi connectivity index (χ2n) is 6.28. The standard InChI is InChI=1S/C24H18OS/c1-17-12-14-20(15-13-17)24-23(19-10-6-3-7-11-19)21(16-22(26)25-24)18-8-4-2-5-9-18/h2-16H,1H3. The zero-order chi connectivity index (χ0) is 17.9. The molecule has 0 spiro atoms. The summed E-state index contributed by atoms with van der Waals surface area (Å²) < 4.78 is 6.55. The lowest BCUT2D eigenvalue weighted by Crippen LogP contribution is -1.91. The van der Waals surface area contributed by atoms with Crippen molar-refractivity contribution in [2.75, 3.05) is 0 Å². The highest BCUT2D eigenvalue weighted by Gasteiger charge is 2.17. The molecule has 0 unspecified atom stereocenters. The van der Waals surface area contributed by atoms with Crippen molar-refractivity contribution in [3.05, 3.63) is 101 Å². The van der Waals surface area contributed by atoms with E-state index in [2.05, 4.69) is 55.5 Å². The summed E-state index contributed by atoms with van der Waals surface area (Å²) in [7, 11) is 0. The Labute approximate surface area is 158 Å². The van der Waals surface area contributed by atoms with Crippen LogP contribution in [-0.2, 0) is 0 Å². The summed E-state index contributed by atoms with van der Waals surface area (Å²) in [4.78, 5) is 0. The van der Waals surface area contributed by atoms with E-state index in [-0.39, 0.29) is 0 Å². The van der Waals surface area contributed by atoms with Gasteiger partial charge in [-0.3, -0.25) is 0 Å². The summed E-state index contributed by atoms with van der Waals surface area (Å²) in [6.07, 6.45) is 0. The number of benzene rings is 3. The van der Waals surface area contributed by atoms with Crippen molar-refractivity contribution in [2.45, 2.75) is 6.92 Å². The van der Waals surface area contributed by atoms with Crippen LogP contribution in [0.15, 0.2) is 95.4 Å². The van der Waals surface area contributed by atoms with Gasteiger partial charge in [0.2, 0.25) is 0 Å². The van der Waals surface area contributed by atoms with Crippen molar-refractivity contribution in [1.29, 1.82) is 0 Å². The van der Waals surface area contributed by atoms with E-state index in [0.29, 0.717) is 4.71 Å². The van der Waals surface area contributed by atoms with E-state index in [4.69, 9.17) is 16.6 Å². The van der Waals surface area contributed by atoms with E-state index in [9.17, 15) is 0 Å². The molecule has 1 nitrogen and oxygen atoms in total. The average molecular weight is 354 g/mol. The van der Waals surface area contributed by atoms with Gasteiger partial charge in [0.05, 0.1) is 0 Å². The maximum atomic E-state index is 6.07. The van der Waals surface area contributed by atoms with Crippen LogP contribution in [0.4, 0.5) is 0 Å². The summed E-state index contributed by atoms with van der Waals surface area (Å²) in [6, 6.07) is 31.0. The Kier molecular flexibility index (Phi) is 4.51. The number of rotatable bonds is 3. The van der Waals surface area contributed by atoms with Gasteiger partial charge in [-0.25, -0.2) is 0 Å². The normalized spacial score (nSPS) is 10.7. The molecular formula is C24H18OS. The first-order valence-corrected chi connectivity index (χ1v) is 8.99. The van der Waals surface area contributed by atoms with Crippen molar-refractivity contribution >= 4 is 12.2 Å². The largest absolute Gasteiger partial charge is 0.445 e. The van der Waals surface area contributed by atoms with E-state index in [1.54, 1.807) is 0 Å². The third-order valence-electron chi connectivity index (χ3n) is 4.42. The van der Waals surface area contributed by atoms with Crippen molar-refractivity contribution in [3.8, 4) is 33.6 Å². The van der Waals surface area contributed by atoms with Crippen molar-refractivity contribution in [2.24, 2.45) is 0 Å². The fourth-order valence-electron chi connectivity index (χ4n) is 3.14. The van der Waals surface area contributed by atoms with Gasteiger partial charge in [-0.2, -0.15) is 0 Å². The summed E-state index contributed by atoms with van der Waals surface area (Å²) >= 11 is 5.46. The Balaban J connectivity index is 2.07. The molecular weight excluding hydrogens is 336 g/mol. The highest BCUT2D eigenvalue weighted by atomic mass is 32.1. The predicted molar refractivity (Wildman–Crippen MR) is 111 cm³/mol. The molecule has 0 N–H and O–H groups in total. The molecule has 2 heteroatoms. The van der Waals surface area contributed by atoms with Gasteiger partial charge in [-0.05, 0) is 35.8 Å². The van der Waals surface area contributed by atoms with Crippen LogP contribution in [0, 0.1) is 11.6 Å². The van der Waals surface area contributed by atoms with Gasteiger partial charge in [-0.1, -0.05) is 90.5 Å². The molecule has 0 saturated heterocycles. The molecule has 0 aliphatic carbocycles. The predicted octanol–water partition coefficient (Wildman–Crippen LogP) is 7.32. The van der Waals surface area contributed by atoms with E-state index in [0.717, 1.165) is 33.6 Å². The van der Waals surface area contributed by atoms with Gasteiger partial charge in [0.15, 0.2) is 4.71 Å². The van der Waals surface area contributed by atoms with Crippen LogP contribution in [0.3, 0.4) is 0 Å². The third-order valence-corrected chi connectivity index (χ3v) is 4.62. The Bertz CT molecular complexity index is 1080. The Hall–Kier alpha value is -2.97. The first kappa shape index (κ1) is 16.5. The minimum Gasteiger partial charge on any atom is -0.445 e. The van der Waals surface area contributed by atoms with Crippen LogP contribution in [0.1, 0.15) is 5.56 Å². The van der Waals surface area contributed by atoms with E-state index in [1.807, 2.05) is 42.5 Å². The van der Waals surface area contributed by atoms with Gasteiger partial charge in [0, 0.05) is 17.2 Å². The minimum atomic E-state index is 0.485. The molecule has 0 bridgehead atoms. The molecule has 0 radical (unpaired) electrons. The number of hydrogen-bond acceptors (Lipinski definition) is 2. The van der Waals surface area contributed by atoms with Crippen LogP contribution in [0.5, 0.6) is 0 Å². The highest BCUT2D eigenvalue weighted by Crippen LogP contribution is 2.40. The zero-order valence-electron chi connectivity index (χ0n) is 14.5. The Morgan fingerprint density at radius 3 is 1.85 bits per heavy atom. The number of hydrogen-bond donors (Lipinski definition) is 0. The monoisotopic (exact) mass is 354 g/mol. The quantitative estimate of drug-likeness (QED) is 0.358. The molecule has 4 rings (SSSR count). The molecule has 0 atom stereocenters. The first-order valence-electron chi connectivity index (χ1n) is 8.58. The molecule has 1 aromatic heterocycles. The maximum absolute atomic E-state index is 6.07. The molecule has 0 aliphatic heterocycles. The van der Waals surface area contributed by atoms with Gasteiger partial charge < -0.3 is 4.42 Å². The van der Waals surface area contributed by atoms with Crippen LogP contribution in [0.25, 0.3) is 33.6 Å². The molecule has 0 amide bonds. The van der Waals surface area contributed by atoms with Crippen molar-refractivity contribution in [3.63, 3.8) is 0 Å². The van der Waals surface area contributed by atoms with E-state index < -0.39 is 0 Å². The lowest BCUT2D eigenvalue weighted by Gasteiger charge is -2.15. The van der Waals surface area contributed by atoms with Gasteiger partial charge in [-0.15, -0.1) is 0 Å². The van der Waals surface area contributed by atoms with Crippen LogP contribution < -0.4 is 0 Å². The lowest BCUT2D eigenvalue weighted by molar-refractivity contribution is 0.552. The fourth-order valence-corrected chi connectivity index (χ4v) is 3.34. The lowest BCUT2D eigenvalue weighted by atomic mass is 9.92. The van der Waals surface area contributed by atoms with Crippen molar-refractivity contribution < 1.29 is 4.42 Å². The van der Waals surface area contributed by atoms with E-state index in [1.165, 1.54) is 5.56 Å². The molecule has 4 aromatic rings. The SMILES string of the molecule is Cc1ccc(-c2oc(=S)cc(-c3ccccc3)c2-c2ccccc2)cc1. The molecule has 126 valence electrons. The zero-order valence-corrected chi connectivity index (χ0v) is 15.3. The van der Waals surface area contributed by atoms with Crippen LogP contribution in [-0.4, -0.2) is 0 Å². The van der Waals surface area contributed by atoms with Crippen LogP contribution >= 0.6 is 12.2 Å². The minimum absolute atomic E-state index is 0.485. The second kappa shape index (κ2) is 7.11. The molecule has 1 heterocycles. The second-order valence-corrected chi connectivity index (χ2v) is 6.68. The fraction of sp³-hybridized carbons (Fsp3) is 0.0417.